The minimum absolute atomic E-state index is 0.350. The van der Waals surface area contributed by atoms with Crippen molar-refractivity contribution in [3.05, 3.63) is 50.7 Å². The first-order valence-electron chi connectivity index (χ1n) is 6.30. The highest BCUT2D eigenvalue weighted by molar-refractivity contribution is 7.10. The fraction of sp³-hybridized carbons (Fsp3) is 0.267. The van der Waals surface area contributed by atoms with Gasteiger partial charge in [-0.1, -0.05) is 11.6 Å². The smallest absolute Gasteiger partial charge is 0.101 e. The highest BCUT2D eigenvalue weighted by Gasteiger charge is 2.21. The Kier molecular flexibility index (Phi) is 3.46. The standard InChI is InChI=1S/C15H13ClN2S/c16-13-5-4-11(8-10(13)9-17)18-14-2-1-3-15-12(14)6-7-19-15/h4-8,14,18H,1-3H2. The largest absolute Gasteiger partial charge is 0.378 e. The van der Waals surface area contributed by atoms with Gasteiger partial charge >= 0.3 is 0 Å². The van der Waals surface area contributed by atoms with Crippen molar-refractivity contribution < 1.29 is 0 Å². The highest BCUT2D eigenvalue weighted by Crippen LogP contribution is 2.35. The molecule has 0 aliphatic heterocycles. The van der Waals surface area contributed by atoms with Crippen molar-refractivity contribution in [2.24, 2.45) is 0 Å². The third-order valence-corrected chi connectivity index (χ3v) is 4.81. The number of nitrogens with zero attached hydrogens (tertiary/aromatic N) is 1. The minimum atomic E-state index is 0.350. The van der Waals surface area contributed by atoms with Gasteiger partial charge in [0.2, 0.25) is 0 Å². The van der Waals surface area contributed by atoms with Gasteiger partial charge < -0.3 is 5.32 Å². The average molecular weight is 289 g/mol. The van der Waals surface area contributed by atoms with Gasteiger partial charge in [-0.2, -0.15) is 5.26 Å². The summed E-state index contributed by atoms with van der Waals surface area (Å²) in [6.07, 6.45) is 3.54. The van der Waals surface area contributed by atoms with Crippen molar-refractivity contribution in [2.45, 2.75) is 25.3 Å². The molecule has 2 nitrogen and oxygen atoms in total. The van der Waals surface area contributed by atoms with Crippen molar-refractivity contribution >= 4 is 28.6 Å². The van der Waals surface area contributed by atoms with Crippen LogP contribution in [0, 0.1) is 11.3 Å². The Hall–Kier alpha value is -1.50. The van der Waals surface area contributed by atoms with Gasteiger partial charge in [-0.05, 0) is 54.5 Å². The van der Waals surface area contributed by atoms with E-state index in [1.807, 2.05) is 23.5 Å². The lowest BCUT2D eigenvalue weighted by molar-refractivity contribution is 0.609. The summed E-state index contributed by atoms with van der Waals surface area (Å²) >= 11 is 7.79. The summed E-state index contributed by atoms with van der Waals surface area (Å²) in [5.74, 6) is 0. The number of nitrogens with one attached hydrogen (secondary N) is 1. The lowest BCUT2D eigenvalue weighted by atomic mass is 9.94. The second-order valence-corrected chi connectivity index (χ2v) is 6.10. The molecule has 1 N–H and O–H groups in total. The Bertz CT molecular complexity index is 642. The van der Waals surface area contributed by atoms with E-state index in [0.717, 1.165) is 12.1 Å². The number of hydrogen-bond acceptors (Lipinski definition) is 3. The number of halogens is 1. The molecule has 0 amide bonds. The molecule has 3 rings (SSSR count). The van der Waals surface area contributed by atoms with Crippen LogP contribution in [-0.4, -0.2) is 0 Å². The van der Waals surface area contributed by atoms with Gasteiger partial charge in [0.05, 0.1) is 16.6 Å². The SMILES string of the molecule is N#Cc1cc(NC2CCCc3sccc32)ccc1Cl. The Morgan fingerprint density at radius 2 is 2.26 bits per heavy atom. The van der Waals surface area contributed by atoms with Gasteiger partial charge in [-0.25, -0.2) is 0 Å². The summed E-state index contributed by atoms with van der Waals surface area (Å²) in [6, 6.07) is 10.2. The van der Waals surface area contributed by atoms with Crippen LogP contribution in [0.3, 0.4) is 0 Å². The summed E-state index contributed by atoms with van der Waals surface area (Å²) in [6.45, 7) is 0. The molecule has 0 saturated heterocycles. The van der Waals surface area contributed by atoms with Crippen molar-refractivity contribution in [1.29, 1.82) is 5.26 Å². The van der Waals surface area contributed by atoms with Crippen LogP contribution >= 0.6 is 22.9 Å². The number of aryl methyl sites for hydroxylation is 1. The van der Waals surface area contributed by atoms with Crippen LogP contribution in [0.5, 0.6) is 0 Å². The van der Waals surface area contributed by atoms with Crippen LogP contribution in [0.1, 0.15) is 34.9 Å². The Labute approximate surface area is 121 Å². The van der Waals surface area contributed by atoms with Crippen LogP contribution in [-0.2, 0) is 6.42 Å². The van der Waals surface area contributed by atoms with Gasteiger partial charge in [0, 0.05) is 10.6 Å². The van der Waals surface area contributed by atoms with Crippen LogP contribution < -0.4 is 5.32 Å². The molecule has 19 heavy (non-hydrogen) atoms. The van der Waals surface area contributed by atoms with E-state index >= 15 is 0 Å². The maximum Gasteiger partial charge on any atom is 0.101 e. The molecule has 4 heteroatoms. The predicted octanol–water partition coefficient (Wildman–Crippen LogP) is 4.76. The van der Waals surface area contributed by atoms with E-state index in [4.69, 9.17) is 16.9 Å². The average Bonchev–Trinajstić information content (AvgIpc) is 2.90. The number of rotatable bonds is 2. The first kappa shape index (κ1) is 12.5. The van der Waals surface area contributed by atoms with Crippen molar-refractivity contribution in [1.82, 2.24) is 0 Å². The lowest BCUT2D eigenvalue weighted by Crippen LogP contribution is -2.15. The van der Waals surface area contributed by atoms with E-state index in [0.29, 0.717) is 16.6 Å². The molecule has 1 aromatic carbocycles. The quantitative estimate of drug-likeness (QED) is 0.864. The van der Waals surface area contributed by atoms with E-state index in [2.05, 4.69) is 22.8 Å². The second-order valence-electron chi connectivity index (χ2n) is 4.69. The van der Waals surface area contributed by atoms with Gasteiger partial charge in [0.1, 0.15) is 6.07 Å². The molecule has 96 valence electrons. The normalized spacial score (nSPS) is 17.6. The zero-order valence-electron chi connectivity index (χ0n) is 10.3. The number of hydrogen-bond donors (Lipinski definition) is 1. The zero-order chi connectivity index (χ0) is 13.2. The Morgan fingerprint density at radius 3 is 3.11 bits per heavy atom. The molecule has 0 spiro atoms. The number of nitriles is 1. The molecule has 0 bridgehead atoms. The predicted molar refractivity (Wildman–Crippen MR) is 79.8 cm³/mol. The summed E-state index contributed by atoms with van der Waals surface area (Å²) in [5, 5.41) is 15.2. The fourth-order valence-corrected chi connectivity index (χ4v) is 3.69. The van der Waals surface area contributed by atoms with Crippen LogP contribution in [0.4, 0.5) is 5.69 Å². The van der Waals surface area contributed by atoms with E-state index in [1.54, 1.807) is 6.07 Å². The molecule has 1 aliphatic rings. The van der Waals surface area contributed by atoms with Gasteiger partial charge in [0.15, 0.2) is 0 Å². The third kappa shape index (κ3) is 2.47. The first-order valence-corrected chi connectivity index (χ1v) is 7.56. The molecule has 1 aliphatic carbocycles. The third-order valence-electron chi connectivity index (χ3n) is 3.48. The molecule has 1 atom stereocenters. The topological polar surface area (TPSA) is 35.8 Å². The number of thiophene rings is 1. The number of benzene rings is 1. The zero-order valence-corrected chi connectivity index (χ0v) is 11.9. The minimum Gasteiger partial charge on any atom is -0.378 e. The van der Waals surface area contributed by atoms with Crippen LogP contribution in [0.15, 0.2) is 29.6 Å². The molecule has 1 heterocycles. The molecular weight excluding hydrogens is 276 g/mol. The molecule has 0 saturated carbocycles. The van der Waals surface area contributed by atoms with Crippen molar-refractivity contribution in [3.63, 3.8) is 0 Å². The van der Waals surface area contributed by atoms with E-state index in [1.165, 1.54) is 23.3 Å². The first-order chi connectivity index (χ1) is 9.28. The second kappa shape index (κ2) is 5.24. The van der Waals surface area contributed by atoms with E-state index in [-0.39, 0.29) is 0 Å². The molecule has 1 aromatic heterocycles. The Balaban J connectivity index is 1.86. The lowest BCUT2D eigenvalue weighted by Gasteiger charge is -2.24. The summed E-state index contributed by atoms with van der Waals surface area (Å²) in [4.78, 5) is 1.48. The van der Waals surface area contributed by atoms with Crippen LogP contribution in [0.25, 0.3) is 0 Å². The molecular formula is C15H13ClN2S. The van der Waals surface area contributed by atoms with Crippen molar-refractivity contribution in [3.8, 4) is 6.07 Å². The van der Waals surface area contributed by atoms with Gasteiger partial charge in [0.25, 0.3) is 0 Å². The van der Waals surface area contributed by atoms with Gasteiger partial charge in [-0.3, -0.25) is 0 Å². The van der Waals surface area contributed by atoms with Crippen LogP contribution in [0.2, 0.25) is 5.02 Å². The van der Waals surface area contributed by atoms with E-state index in [9.17, 15) is 0 Å². The number of fused-ring (bicyclic) bond motifs is 1. The maximum atomic E-state index is 9.01. The highest BCUT2D eigenvalue weighted by atomic mass is 35.5. The Morgan fingerprint density at radius 1 is 1.37 bits per heavy atom. The van der Waals surface area contributed by atoms with Gasteiger partial charge in [-0.15, -0.1) is 11.3 Å². The van der Waals surface area contributed by atoms with Crippen molar-refractivity contribution in [2.75, 3.05) is 5.32 Å². The fourth-order valence-electron chi connectivity index (χ4n) is 2.54. The molecule has 0 fully saturated rings. The maximum absolute atomic E-state index is 9.01. The summed E-state index contributed by atoms with van der Waals surface area (Å²) in [5.41, 5.74) is 2.89. The molecule has 1 unspecified atom stereocenters. The monoisotopic (exact) mass is 288 g/mol. The molecule has 2 aromatic rings. The number of anilines is 1. The summed E-state index contributed by atoms with van der Waals surface area (Å²) in [7, 11) is 0. The van der Waals surface area contributed by atoms with E-state index < -0.39 is 0 Å². The molecule has 0 radical (unpaired) electrons. The summed E-state index contributed by atoms with van der Waals surface area (Å²) < 4.78 is 0.